The van der Waals surface area contributed by atoms with Gasteiger partial charge in [0.2, 0.25) is 0 Å². The summed E-state index contributed by atoms with van der Waals surface area (Å²) in [6.45, 7) is 0. The number of hydrogen-bond acceptors (Lipinski definition) is 3. The number of benzene rings is 1. The van der Waals surface area contributed by atoms with Crippen LogP contribution in [0.2, 0.25) is 0 Å². The maximum Gasteiger partial charge on any atom is 0.0902 e. The lowest BCUT2D eigenvalue weighted by molar-refractivity contribution is 0.204. The van der Waals surface area contributed by atoms with E-state index in [1.165, 1.54) is 0 Å². The third kappa shape index (κ3) is 3.58. The van der Waals surface area contributed by atoms with E-state index in [0.717, 1.165) is 19.4 Å². The van der Waals surface area contributed by atoms with Gasteiger partial charge in [0.25, 0.3) is 0 Å². The number of hydrogen-bond donors (Lipinski definition) is 1. The van der Waals surface area contributed by atoms with Crippen molar-refractivity contribution in [2.24, 2.45) is 0 Å². The van der Waals surface area contributed by atoms with Gasteiger partial charge in [-0.25, -0.2) is 0 Å². The van der Waals surface area contributed by atoms with E-state index in [1.807, 2.05) is 35.0 Å². The summed E-state index contributed by atoms with van der Waals surface area (Å²) >= 11 is 10.2. The van der Waals surface area contributed by atoms with E-state index in [2.05, 4.69) is 31.9 Å². The van der Waals surface area contributed by atoms with Crippen LogP contribution < -0.4 is 0 Å². The number of aliphatic hydroxyl groups excluding tert-OH is 1. The van der Waals surface area contributed by atoms with E-state index < -0.39 is 6.10 Å². The van der Waals surface area contributed by atoms with Crippen molar-refractivity contribution < 1.29 is 5.11 Å². The van der Waals surface area contributed by atoms with Crippen LogP contribution in [0.3, 0.4) is 0 Å². The number of thiophene rings is 1. The second-order valence-electron chi connectivity index (χ2n) is 3.43. The fourth-order valence-corrected chi connectivity index (χ4v) is 4.48. The Bertz CT molecular complexity index is 499. The first-order chi connectivity index (χ1) is 8.18. The lowest BCUT2D eigenvalue weighted by Crippen LogP contribution is -1.99. The van der Waals surface area contributed by atoms with Gasteiger partial charge in [-0.3, -0.25) is 0 Å². The molecule has 0 aliphatic carbocycles. The molecule has 0 fully saturated rings. The minimum Gasteiger partial charge on any atom is -0.387 e. The molecule has 2 aromatic rings. The second-order valence-corrected chi connectivity index (χ2v) is 6.95. The SMILES string of the molecule is OC(CSc1ccccc1Br)c1cscc1Br. The number of aliphatic hydroxyl groups is 1. The van der Waals surface area contributed by atoms with Crippen LogP contribution in [-0.4, -0.2) is 10.9 Å². The van der Waals surface area contributed by atoms with Crippen molar-refractivity contribution in [3.8, 4) is 0 Å². The summed E-state index contributed by atoms with van der Waals surface area (Å²) in [6, 6.07) is 8.04. The molecule has 0 amide bonds. The summed E-state index contributed by atoms with van der Waals surface area (Å²) in [5, 5.41) is 14.1. The molecule has 90 valence electrons. The average molecular weight is 394 g/mol. The summed E-state index contributed by atoms with van der Waals surface area (Å²) in [6.07, 6.45) is -0.437. The Kier molecular flexibility index (Phi) is 5.11. The highest BCUT2D eigenvalue weighted by Gasteiger charge is 2.13. The van der Waals surface area contributed by atoms with Crippen molar-refractivity contribution in [3.63, 3.8) is 0 Å². The molecular weight excluding hydrogens is 384 g/mol. The first-order valence-corrected chi connectivity index (χ1v) is 8.47. The molecule has 0 aliphatic heterocycles. The third-order valence-electron chi connectivity index (χ3n) is 2.23. The molecule has 1 atom stereocenters. The van der Waals surface area contributed by atoms with E-state index >= 15 is 0 Å². The van der Waals surface area contributed by atoms with Gasteiger partial charge in [0.15, 0.2) is 0 Å². The zero-order valence-corrected chi connectivity index (χ0v) is 13.6. The number of rotatable bonds is 4. The average Bonchev–Trinajstić information content (AvgIpc) is 2.74. The lowest BCUT2D eigenvalue weighted by Gasteiger charge is -2.10. The van der Waals surface area contributed by atoms with Gasteiger partial charge in [-0.2, -0.15) is 11.3 Å². The van der Waals surface area contributed by atoms with E-state index in [0.29, 0.717) is 5.75 Å². The Morgan fingerprint density at radius 3 is 2.59 bits per heavy atom. The quantitative estimate of drug-likeness (QED) is 0.729. The Morgan fingerprint density at radius 2 is 1.94 bits per heavy atom. The lowest BCUT2D eigenvalue weighted by atomic mass is 10.2. The molecule has 0 bridgehead atoms. The number of halogens is 2. The molecule has 0 saturated carbocycles. The van der Waals surface area contributed by atoms with E-state index in [-0.39, 0.29) is 0 Å². The van der Waals surface area contributed by atoms with Crippen LogP contribution in [0.4, 0.5) is 0 Å². The van der Waals surface area contributed by atoms with Crippen molar-refractivity contribution >= 4 is 55.0 Å². The van der Waals surface area contributed by atoms with Crippen molar-refractivity contribution in [3.05, 3.63) is 49.5 Å². The van der Waals surface area contributed by atoms with Crippen LogP contribution in [0.15, 0.2) is 48.9 Å². The van der Waals surface area contributed by atoms with Crippen molar-refractivity contribution in [2.45, 2.75) is 11.0 Å². The highest BCUT2D eigenvalue weighted by Crippen LogP contribution is 2.33. The second kappa shape index (κ2) is 6.38. The minimum atomic E-state index is -0.437. The monoisotopic (exact) mass is 392 g/mol. The van der Waals surface area contributed by atoms with Gasteiger partial charge < -0.3 is 5.11 Å². The molecule has 5 heteroatoms. The Labute approximate surface area is 126 Å². The van der Waals surface area contributed by atoms with Gasteiger partial charge in [0.05, 0.1) is 6.10 Å². The molecule has 1 heterocycles. The maximum atomic E-state index is 10.1. The van der Waals surface area contributed by atoms with E-state index in [9.17, 15) is 5.11 Å². The summed E-state index contributed by atoms with van der Waals surface area (Å²) < 4.78 is 2.06. The summed E-state index contributed by atoms with van der Waals surface area (Å²) in [5.41, 5.74) is 0.967. The predicted molar refractivity (Wildman–Crippen MR) is 81.8 cm³/mol. The van der Waals surface area contributed by atoms with Crippen LogP contribution in [0.25, 0.3) is 0 Å². The zero-order valence-electron chi connectivity index (χ0n) is 8.77. The fourth-order valence-electron chi connectivity index (χ4n) is 1.35. The summed E-state index contributed by atoms with van der Waals surface area (Å²) in [7, 11) is 0. The van der Waals surface area contributed by atoms with Crippen molar-refractivity contribution in [1.82, 2.24) is 0 Å². The first kappa shape index (κ1) is 13.6. The normalized spacial score (nSPS) is 12.6. The smallest absolute Gasteiger partial charge is 0.0902 e. The van der Waals surface area contributed by atoms with Crippen LogP contribution in [0.5, 0.6) is 0 Å². The van der Waals surface area contributed by atoms with Gasteiger partial charge >= 0.3 is 0 Å². The van der Waals surface area contributed by atoms with Crippen LogP contribution in [0, 0.1) is 0 Å². The minimum absolute atomic E-state index is 0.437. The van der Waals surface area contributed by atoms with Gasteiger partial charge in [-0.15, -0.1) is 11.8 Å². The van der Waals surface area contributed by atoms with Gasteiger partial charge in [0, 0.05) is 30.5 Å². The summed E-state index contributed by atoms with van der Waals surface area (Å²) in [4.78, 5) is 1.15. The Morgan fingerprint density at radius 1 is 1.18 bits per heavy atom. The third-order valence-corrected chi connectivity index (χ3v) is 6.09. The molecule has 1 N–H and O–H groups in total. The van der Waals surface area contributed by atoms with Crippen LogP contribution in [-0.2, 0) is 0 Å². The van der Waals surface area contributed by atoms with Gasteiger partial charge in [0.1, 0.15) is 0 Å². The van der Waals surface area contributed by atoms with Crippen molar-refractivity contribution in [2.75, 3.05) is 5.75 Å². The number of thioether (sulfide) groups is 1. The highest BCUT2D eigenvalue weighted by molar-refractivity contribution is 9.10. The van der Waals surface area contributed by atoms with Crippen molar-refractivity contribution in [1.29, 1.82) is 0 Å². The molecule has 1 unspecified atom stereocenters. The topological polar surface area (TPSA) is 20.2 Å². The van der Waals surface area contributed by atoms with Crippen LogP contribution >= 0.6 is 55.0 Å². The van der Waals surface area contributed by atoms with Gasteiger partial charge in [-0.1, -0.05) is 12.1 Å². The van der Waals surface area contributed by atoms with E-state index in [1.54, 1.807) is 23.1 Å². The highest BCUT2D eigenvalue weighted by atomic mass is 79.9. The predicted octanol–water partition coefficient (Wildman–Crippen LogP) is 5.10. The molecule has 1 nitrogen and oxygen atoms in total. The molecule has 2 rings (SSSR count). The first-order valence-electron chi connectivity index (χ1n) is 4.95. The Balaban J connectivity index is 2.00. The fraction of sp³-hybridized carbons (Fsp3) is 0.167. The maximum absolute atomic E-state index is 10.1. The zero-order chi connectivity index (χ0) is 12.3. The summed E-state index contributed by atoms with van der Waals surface area (Å²) in [5.74, 6) is 0.651. The largest absolute Gasteiger partial charge is 0.387 e. The molecule has 0 aliphatic rings. The molecule has 17 heavy (non-hydrogen) atoms. The standard InChI is InChI=1S/C12H10Br2OS2/c13-9-3-1-2-4-12(9)17-7-11(15)8-5-16-6-10(8)14/h1-6,11,15H,7H2. The van der Waals surface area contributed by atoms with E-state index in [4.69, 9.17) is 0 Å². The molecule has 0 saturated heterocycles. The molecule has 1 aromatic heterocycles. The molecule has 1 aromatic carbocycles. The Hall–Kier alpha value is 0.190. The molecule has 0 spiro atoms. The molecule has 0 radical (unpaired) electrons. The molecular formula is C12H10Br2OS2. The van der Waals surface area contributed by atoms with Gasteiger partial charge in [-0.05, 0) is 49.4 Å². The van der Waals surface area contributed by atoms with Crippen LogP contribution in [0.1, 0.15) is 11.7 Å².